The molecule has 1 unspecified atom stereocenters. The summed E-state index contributed by atoms with van der Waals surface area (Å²) in [6.07, 6.45) is 5.38. The molecule has 0 aromatic carbocycles. The summed E-state index contributed by atoms with van der Waals surface area (Å²) in [5.74, 6) is 0. The van der Waals surface area contributed by atoms with Crippen LogP contribution in [0.4, 0.5) is 0 Å². The monoisotopic (exact) mass is 286 g/mol. The van der Waals surface area contributed by atoms with Crippen LogP contribution in [0.25, 0.3) is 0 Å². The molecular formula is C9H20O6P2. The van der Waals surface area contributed by atoms with Crippen LogP contribution in [0.5, 0.6) is 0 Å². The fraction of sp³-hybridized carbons (Fsp3) is 0.778. The minimum absolute atomic E-state index is 0.0148. The molecule has 0 saturated heterocycles. The van der Waals surface area contributed by atoms with Crippen LogP contribution in [-0.2, 0) is 9.13 Å². The Morgan fingerprint density at radius 2 is 1.71 bits per heavy atom. The van der Waals surface area contributed by atoms with E-state index in [2.05, 4.69) is 0 Å². The van der Waals surface area contributed by atoms with E-state index in [9.17, 15) is 9.13 Å². The molecular weight excluding hydrogens is 266 g/mol. The second kappa shape index (κ2) is 7.47. The van der Waals surface area contributed by atoms with Gasteiger partial charge in [0.05, 0.1) is 11.8 Å². The van der Waals surface area contributed by atoms with Gasteiger partial charge in [0.2, 0.25) is 0 Å². The van der Waals surface area contributed by atoms with Crippen LogP contribution in [0.2, 0.25) is 0 Å². The Hall–Kier alpha value is 0.0400. The first kappa shape index (κ1) is 17.0. The van der Waals surface area contributed by atoms with Crippen molar-refractivity contribution in [2.75, 3.05) is 6.16 Å². The van der Waals surface area contributed by atoms with Crippen LogP contribution < -0.4 is 0 Å². The maximum atomic E-state index is 11.0. The Morgan fingerprint density at radius 3 is 2.12 bits per heavy atom. The summed E-state index contributed by atoms with van der Waals surface area (Å²) in [4.78, 5) is 35.4. The molecule has 102 valence electrons. The van der Waals surface area contributed by atoms with E-state index in [1.54, 1.807) is 12.2 Å². The zero-order chi connectivity index (χ0) is 13.5. The molecule has 0 aromatic rings. The smallest absolute Gasteiger partial charge is 0.324 e. The summed E-state index contributed by atoms with van der Waals surface area (Å²) in [5.41, 5.74) is -1.30. The highest BCUT2D eigenvalue weighted by Crippen LogP contribution is 2.50. The van der Waals surface area contributed by atoms with Crippen molar-refractivity contribution in [2.45, 2.75) is 38.3 Å². The summed E-state index contributed by atoms with van der Waals surface area (Å²) in [5, 5.41) is 0. The van der Waals surface area contributed by atoms with Crippen molar-refractivity contribution in [3.05, 3.63) is 12.2 Å². The SMILES string of the molecule is CCCC/C=C/CC(CP(=O)(O)O)P(=O)(O)O. The van der Waals surface area contributed by atoms with Crippen LogP contribution in [0.15, 0.2) is 12.2 Å². The number of unbranched alkanes of at least 4 members (excludes halogenated alkanes) is 2. The minimum atomic E-state index is -4.47. The molecule has 0 aromatic heterocycles. The fourth-order valence-electron chi connectivity index (χ4n) is 1.29. The summed E-state index contributed by atoms with van der Waals surface area (Å²) >= 11 is 0. The second-order valence-electron chi connectivity index (χ2n) is 3.94. The Balaban J connectivity index is 4.37. The van der Waals surface area contributed by atoms with Crippen molar-refractivity contribution in [3.8, 4) is 0 Å². The van der Waals surface area contributed by atoms with Crippen LogP contribution >= 0.6 is 15.2 Å². The van der Waals surface area contributed by atoms with E-state index in [-0.39, 0.29) is 6.42 Å². The molecule has 0 spiro atoms. The summed E-state index contributed by atoms with van der Waals surface area (Å²) in [7, 11) is -8.88. The molecule has 1 atom stereocenters. The third-order valence-corrected chi connectivity index (χ3v) is 4.77. The van der Waals surface area contributed by atoms with E-state index >= 15 is 0 Å². The molecule has 17 heavy (non-hydrogen) atoms. The largest absolute Gasteiger partial charge is 0.329 e. The van der Waals surface area contributed by atoms with E-state index in [0.717, 1.165) is 19.3 Å². The van der Waals surface area contributed by atoms with Gasteiger partial charge in [-0.1, -0.05) is 31.9 Å². The lowest BCUT2D eigenvalue weighted by Crippen LogP contribution is -2.13. The van der Waals surface area contributed by atoms with E-state index in [4.69, 9.17) is 19.6 Å². The van der Waals surface area contributed by atoms with Crippen LogP contribution in [0, 0.1) is 0 Å². The highest BCUT2D eigenvalue weighted by atomic mass is 31.2. The van der Waals surface area contributed by atoms with E-state index in [1.165, 1.54) is 0 Å². The van der Waals surface area contributed by atoms with Crippen molar-refractivity contribution in [1.29, 1.82) is 0 Å². The Morgan fingerprint density at radius 1 is 1.12 bits per heavy atom. The molecule has 0 rings (SSSR count). The molecule has 0 aliphatic heterocycles. The van der Waals surface area contributed by atoms with Gasteiger partial charge in [-0.3, -0.25) is 9.13 Å². The highest BCUT2D eigenvalue weighted by molar-refractivity contribution is 7.56. The number of allylic oxidation sites excluding steroid dienone is 2. The van der Waals surface area contributed by atoms with Gasteiger partial charge in [0.25, 0.3) is 0 Å². The van der Waals surface area contributed by atoms with Crippen molar-refractivity contribution >= 4 is 15.2 Å². The van der Waals surface area contributed by atoms with Crippen molar-refractivity contribution in [1.82, 2.24) is 0 Å². The first-order valence-corrected chi connectivity index (χ1v) is 8.89. The lowest BCUT2D eigenvalue weighted by Gasteiger charge is -2.17. The zero-order valence-electron chi connectivity index (χ0n) is 9.77. The summed E-state index contributed by atoms with van der Waals surface area (Å²) in [6, 6.07) is 0. The van der Waals surface area contributed by atoms with Gasteiger partial charge >= 0.3 is 15.2 Å². The molecule has 6 nitrogen and oxygen atoms in total. The normalized spacial score (nSPS) is 15.4. The molecule has 0 fully saturated rings. The molecule has 4 N–H and O–H groups in total. The topological polar surface area (TPSA) is 115 Å². The lowest BCUT2D eigenvalue weighted by atomic mass is 10.2. The number of hydrogen-bond donors (Lipinski definition) is 4. The van der Waals surface area contributed by atoms with Gasteiger partial charge in [0.1, 0.15) is 0 Å². The molecule has 0 radical (unpaired) electrons. The Bertz CT molecular complexity index is 328. The van der Waals surface area contributed by atoms with Crippen molar-refractivity contribution < 1.29 is 28.7 Å². The maximum absolute atomic E-state index is 11.0. The molecule has 0 bridgehead atoms. The molecule has 0 saturated carbocycles. The molecule has 8 heteroatoms. The van der Waals surface area contributed by atoms with Crippen LogP contribution in [0.1, 0.15) is 32.6 Å². The first-order valence-electron chi connectivity index (χ1n) is 5.41. The number of hydrogen-bond acceptors (Lipinski definition) is 2. The summed E-state index contributed by atoms with van der Waals surface area (Å²) in [6.45, 7) is 2.03. The molecule has 0 aliphatic rings. The van der Waals surface area contributed by atoms with Crippen molar-refractivity contribution in [2.24, 2.45) is 0 Å². The molecule has 0 amide bonds. The van der Waals surface area contributed by atoms with Gasteiger partial charge in [-0.15, -0.1) is 0 Å². The Kier molecular flexibility index (Phi) is 7.49. The lowest BCUT2D eigenvalue weighted by molar-refractivity contribution is 0.346. The van der Waals surface area contributed by atoms with Gasteiger partial charge in [0, 0.05) is 0 Å². The standard InChI is InChI=1S/C9H20O6P2/c1-2-3-4-5-6-7-9(17(13,14)15)8-16(10,11)12/h5-6,9H,2-4,7-8H2,1H3,(H2,10,11,12)(H2,13,14,15)/b6-5+. The van der Waals surface area contributed by atoms with Gasteiger partial charge < -0.3 is 19.6 Å². The third kappa shape index (κ3) is 9.72. The predicted molar refractivity (Wildman–Crippen MR) is 66.0 cm³/mol. The van der Waals surface area contributed by atoms with Gasteiger partial charge in [0.15, 0.2) is 0 Å². The average Bonchev–Trinajstić information content (AvgIpc) is 2.12. The van der Waals surface area contributed by atoms with E-state index < -0.39 is 27.0 Å². The van der Waals surface area contributed by atoms with Crippen LogP contribution in [0.3, 0.4) is 0 Å². The maximum Gasteiger partial charge on any atom is 0.329 e. The van der Waals surface area contributed by atoms with Crippen molar-refractivity contribution in [3.63, 3.8) is 0 Å². The second-order valence-corrected chi connectivity index (χ2v) is 7.54. The predicted octanol–water partition coefficient (Wildman–Crippen LogP) is 1.85. The van der Waals surface area contributed by atoms with Gasteiger partial charge in [-0.2, -0.15) is 0 Å². The highest BCUT2D eigenvalue weighted by Gasteiger charge is 2.33. The van der Waals surface area contributed by atoms with Gasteiger partial charge in [-0.25, -0.2) is 0 Å². The third-order valence-electron chi connectivity index (χ3n) is 2.22. The quantitative estimate of drug-likeness (QED) is 0.307. The number of rotatable bonds is 8. The summed E-state index contributed by atoms with van der Waals surface area (Å²) < 4.78 is 21.8. The van der Waals surface area contributed by atoms with E-state index in [1.807, 2.05) is 6.92 Å². The zero-order valence-corrected chi connectivity index (χ0v) is 11.6. The van der Waals surface area contributed by atoms with E-state index in [0.29, 0.717) is 0 Å². The molecule has 0 aliphatic carbocycles. The minimum Gasteiger partial charge on any atom is -0.324 e. The molecule has 0 heterocycles. The van der Waals surface area contributed by atoms with Gasteiger partial charge in [-0.05, 0) is 12.8 Å². The van der Waals surface area contributed by atoms with Crippen LogP contribution in [-0.4, -0.2) is 31.4 Å². The average molecular weight is 286 g/mol. The first-order chi connectivity index (χ1) is 7.67. The Labute approximate surface area is 101 Å². The fourth-order valence-corrected chi connectivity index (χ4v) is 3.87.